The first-order chi connectivity index (χ1) is 13.3. The van der Waals surface area contributed by atoms with Crippen LogP contribution in [0.3, 0.4) is 0 Å². The summed E-state index contributed by atoms with van der Waals surface area (Å²) < 4.78 is 7.84. The van der Waals surface area contributed by atoms with E-state index in [2.05, 4.69) is 44.9 Å². The Morgan fingerprint density at radius 2 is 1.75 bits per heavy atom. The van der Waals surface area contributed by atoms with Crippen LogP contribution in [0, 0.1) is 31.6 Å². The Balaban J connectivity index is 1.63. The van der Waals surface area contributed by atoms with E-state index in [-0.39, 0.29) is 12.1 Å². The van der Waals surface area contributed by atoms with Crippen LogP contribution in [0.2, 0.25) is 0 Å². The van der Waals surface area contributed by atoms with Gasteiger partial charge in [-0.15, -0.1) is 0 Å². The van der Waals surface area contributed by atoms with Crippen LogP contribution in [0.5, 0.6) is 0 Å². The lowest BCUT2D eigenvalue weighted by molar-refractivity contribution is -0.0251. The molecule has 1 aromatic carbocycles. The lowest BCUT2D eigenvalue weighted by Crippen LogP contribution is -2.37. The lowest BCUT2D eigenvalue weighted by atomic mass is 9.75. The van der Waals surface area contributed by atoms with Gasteiger partial charge in [0.05, 0.1) is 0 Å². The van der Waals surface area contributed by atoms with E-state index in [0.717, 1.165) is 29.8 Å². The van der Waals surface area contributed by atoms with Crippen LogP contribution in [0.4, 0.5) is 0 Å². The summed E-state index contributed by atoms with van der Waals surface area (Å²) in [7, 11) is 0. The molecule has 1 aliphatic carbocycles. The van der Waals surface area contributed by atoms with Gasteiger partial charge in [-0.2, -0.15) is 0 Å². The molecule has 1 N–H and O–H groups in total. The molecule has 2 aromatic heterocycles. The highest BCUT2D eigenvalue weighted by atomic mass is 16.5. The van der Waals surface area contributed by atoms with Crippen LogP contribution in [-0.2, 0) is 4.74 Å². The highest BCUT2D eigenvalue weighted by Gasteiger charge is 2.35. The van der Waals surface area contributed by atoms with E-state index in [9.17, 15) is 4.79 Å². The van der Waals surface area contributed by atoms with Crippen LogP contribution >= 0.6 is 0 Å². The molecule has 0 radical (unpaired) electrons. The molecule has 1 fully saturated rings. The molecule has 1 saturated carbocycles. The third kappa shape index (κ3) is 3.34. The zero-order chi connectivity index (χ0) is 20.0. The number of hydrogen-bond acceptors (Lipinski definition) is 3. The monoisotopic (exact) mass is 379 g/mol. The number of H-pyrrole nitrogens is 1. The van der Waals surface area contributed by atoms with Crippen molar-refractivity contribution in [1.82, 2.24) is 14.6 Å². The van der Waals surface area contributed by atoms with Crippen molar-refractivity contribution in [2.24, 2.45) is 17.8 Å². The number of aromatic nitrogens is 3. The summed E-state index contributed by atoms with van der Waals surface area (Å²) >= 11 is 0. The molecule has 2 unspecified atom stereocenters. The van der Waals surface area contributed by atoms with Crippen LogP contribution in [0.25, 0.3) is 17.0 Å². The Morgan fingerprint density at radius 3 is 2.39 bits per heavy atom. The molecule has 0 aliphatic heterocycles. The Kier molecular flexibility index (Phi) is 4.77. The minimum Gasteiger partial charge on any atom is -0.458 e. The number of aryl methyl sites for hydroxylation is 2. The number of rotatable bonds is 3. The molecule has 0 bridgehead atoms. The average molecular weight is 380 g/mol. The summed E-state index contributed by atoms with van der Waals surface area (Å²) in [5.41, 5.74) is 4.26. The SMILES string of the molecule is Cc1ccc(-c2nc3c(C(=O)OC4C(C)CC(C)CC4C)c(C)cn3[nH]2)cc1. The van der Waals surface area contributed by atoms with Gasteiger partial charge in [-0.05, 0) is 50.0 Å². The van der Waals surface area contributed by atoms with Crippen molar-refractivity contribution in [2.75, 3.05) is 0 Å². The van der Waals surface area contributed by atoms with E-state index in [1.165, 1.54) is 5.56 Å². The first-order valence-electron chi connectivity index (χ1n) is 10.2. The maximum Gasteiger partial charge on any atom is 0.342 e. The molecule has 148 valence electrons. The van der Waals surface area contributed by atoms with E-state index < -0.39 is 0 Å². The van der Waals surface area contributed by atoms with Gasteiger partial charge in [0.1, 0.15) is 11.7 Å². The minimum absolute atomic E-state index is 0.0337. The summed E-state index contributed by atoms with van der Waals surface area (Å²) in [5, 5.41) is 3.27. The number of carbonyl (C=O) groups excluding carboxylic acids is 1. The second-order valence-corrected chi connectivity index (χ2v) is 8.72. The van der Waals surface area contributed by atoms with Gasteiger partial charge in [0.25, 0.3) is 0 Å². The number of aromatic amines is 1. The molecule has 2 heterocycles. The van der Waals surface area contributed by atoms with E-state index in [1.54, 1.807) is 0 Å². The van der Waals surface area contributed by atoms with Crippen molar-refractivity contribution >= 4 is 11.6 Å². The number of nitrogens with zero attached hydrogens (tertiary/aromatic N) is 2. The highest BCUT2D eigenvalue weighted by Crippen LogP contribution is 2.36. The van der Waals surface area contributed by atoms with Crippen molar-refractivity contribution in [3.63, 3.8) is 0 Å². The predicted molar refractivity (Wildman–Crippen MR) is 110 cm³/mol. The van der Waals surface area contributed by atoms with Gasteiger partial charge in [-0.3, -0.25) is 5.10 Å². The van der Waals surface area contributed by atoms with Crippen LogP contribution in [0.15, 0.2) is 30.5 Å². The van der Waals surface area contributed by atoms with Crippen molar-refractivity contribution in [3.8, 4) is 11.4 Å². The largest absolute Gasteiger partial charge is 0.458 e. The van der Waals surface area contributed by atoms with Gasteiger partial charge in [0.15, 0.2) is 11.5 Å². The Hall–Kier alpha value is -2.56. The fourth-order valence-electron chi connectivity index (χ4n) is 4.76. The number of benzene rings is 1. The van der Waals surface area contributed by atoms with Gasteiger partial charge in [0.2, 0.25) is 0 Å². The van der Waals surface area contributed by atoms with E-state index in [4.69, 9.17) is 9.72 Å². The topological polar surface area (TPSA) is 59.4 Å². The number of nitrogens with one attached hydrogen (secondary N) is 1. The van der Waals surface area contributed by atoms with Crippen molar-refractivity contribution < 1.29 is 9.53 Å². The standard InChI is InChI=1S/C23H29N3O2/c1-13-6-8-18(9-7-13)21-24-22-19(17(5)12-26(22)25-21)23(27)28-20-15(3)10-14(2)11-16(20)4/h6-9,12,14-16,20H,10-11H2,1-5H3,(H,24,25). The predicted octanol–water partition coefficient (Wildman–Crippen LogP) is 5.17. The fourth-order valence-corrected chi connectivity index (χ4v) is 4.76. The number of ether oxygens (including phenoxy) is 1. The van der Waals surface area contributed by atoms with Crippen molar-refractivity contribution in [3.05, 3.63) is 47.2 Å². The van der Waals surface area contributed by atoms with Crippen molar-refractivity contribution in [2.45, 2.75) is 53.6 Å². The molecular weight excluding hydrogens is 350 g/mol. The molecule has 2 atom stereocenters. The van der Waals surface area contributed by atoms with E-state index in [0.29, 0.717) is 29.0 Å². The highest BCUT2D eigenvalue weighted by molar-refractivity contribution is 5.98. The van der Waals surface area contributed by atoms with E-state index >= 15 is 0 Å². The number of hydrogen-bond donors (Lipinski definition) is 1. The summed E-state index contributed by atoms with van der Waals surface area (Å²) in [6.07, 6.45) is 4.08. The molecular formula is C23H29N3O2. The van der Waals surface area contributed by atoms with E-state index in [1.807, 2.05) is 29.8 Å². The smallest absolute Gasteiger partial charge is 0.342 e. The molecule has 28 heavy (non-hydrogen) atoms. The first-order valence-corrected chi connectivity index (χ1v) is 10.2. The van der Waals surface area contributed by atoms with Gasteiger partial charge in [0, 0.05) is 11.8 Å². The molecule has 0 saturated heterocycles. The first kappa shape index (κ1) is 18.8. The molecule has 0 amide bonds. The molecule has 4 rings (SSSR count). The summed E-state index contributed by atoms with van der Waals surface area (Å²) in [4.78, 5) is 17.8. The number of fused-ring (bicyclic) bond motifs is 1. The van der Waals surface area contributed by atoms with Crippen LogP contribution in [-0.4, -0.2) is 26.7 Å². The van der Waals surface area contributed by atoms with Crippen LogP contribution < -0.4 is 0 Å². The molecule has 1 aliphatic rings. The molecule has 3 aromatic rings. The van der Waals surface area contributed by atoms with Crippen molar-refractivity contribution in [1.29, 1.82) is 0 Å². The maximum absolute atomic E-state index is 13.1. The van der Waals surface area contributed by atoms with Crippen LogP contribution in [0.1, 0.15) is 55.1 Å². The number of esters is 1. The molecule has 5 heteroatoms. The average Bonchev–Trinajstić information content (AvgIpc) is 3.15. The normalized spacial score (nSPS) is 25.2. The Morgan fingerprint density at radius 1 is 1.11 bits per heavy atom. The molecule has 0 spiro atoms. The summed E-state index contributed by atoms with van der Waals surface area (Å²) in [6.45, 7) is 10.7. The minimum atomic E-state index is -0.264. The second kappa shape index (κ2) is 7.12. The zero-order valence-corrected chi connectivity index (χ0v) is 17.3. The maximum atomic E-state index is 13.1. The number of carbonyl (C=O) groups is 1. The molecule has 5 nitrogen and oxygen atoms in total. The summed E-state index contributed by atoms with van der Waals surface area (Å²) in [6, 6.07) is 8.18. The third-order valence-corrected chi connectivity index (χ3v) is 6.06. The van der Waals surface area contributed by atoms with Gasteiger partial charge < -0.3 is 4.74 Å². The van der Waals surface area contributed by atoms with Gasteiger partial charge in [-0.25, -0.2) is 14.3 Å². The van der Waals surface area contributed by atoms with Gasteiger partial charge >= 0.3 is 5.97 Å². The summed E-state index contributed by atoms with van der Waals surface area (Å²) in [5.74, 6) is 1.93. The Bertz CT molecular complexity index is 987. The van der Waals surface area contributed by atoms with Gasteiger partial charge in [-0.1, -0.05) is 50.6 Å². The zero-order valence-electron chi connectivity index (χ0n) is 17.3. The fraction of sp³-hybridized carbons (Fsp3) is 0.478. The Labute approximate surface area is 166 Å². The quantitative estimate of drug-likeness (QED) is 0.638. The third-order valence-electron chi connectivity index (χ3n) is 6.06. The second-order valence-electron chi connectivity index (χ2n) is 8.72. The lowest BCUT2D eigenvalue weighted by Gasteiger charge is -2.37.